The van der Waals surface area contributed by atoms with Gasteiger partial charge in [-0.15, -0.1) is 0 Å². The molecular weight excluding hydrogens is 1200 g/mol. The third kappa shape index (κ3) is 66.5. The highest BCUT2D eigenvalue weighted by molar-refractivity contribution is 7.47. The molecule has 0 saturated carbocycles. The van der Waals surface area contributed by atoms with Crippen LogP contribution >= 0.6 is 15.6 Å². The Bertz CT molecular complexity index is 1740. The third-order valence-electron chi connectivity index (χ3n) is 16.9. The van der Waals surface area contributed by atoms with Crippen LogP contribution in [0.25, 0.3) is 0 Å². The Morgan fingerprint density at radius 3 is 0.648 bits per heavy atom. The van der Waals surface area contributed by atoms with Gasteiger partial charge in [-0.05, 0) is 25.7 Å². The van der Waals surface area contributed by atoms with E-state index >= 15 is 0 Å². The Hall–Kier alpha value is -1.94. The minimum atomic E-state index is -4.95. The molecular formula is C72H140O17P2. The predicted octanol–water partition coefficient (Wildman–Crippen LogP) is 21.1. The van der Waals surface area contributed by atoms with Gasteiger partial charge in [-0.3, -0.25) is 37.3 Å². The van der Waals surface area contributed by atoms with E-state index in [4.69, 9.17) is 37.0 Å². The molecule has 0 saturated heterocycles. The average Bonchev–Trinajstić information content (AvgIpc) is 3.54. The number of esters is 4. The van der Waals surface area contributed by atoms with Crippen molar-refractivity contribution >= 4 is 39.5 Å². The number of unbranched alkanes of at least 4 members (excludes halogenated alkanes) is 47. The summed E-state index contributed by atoms with van der Waals surface area (Å²) in [6, 6.07) is 0. The molecule has 0 aromatic heterocycles. The number of hydrogen-bond acceptors (Lipinski definition) is 15. The summed E-state index contributed by atoms with van der Waals surface area (Å²) in [4.78, 5) is 72.2. The van der Waals surface area contributed by atoms with Crippen LogP contribution in [0.15, 0.2) is 0 Å². The van der Waals surface area contributed by atoms with E-state index < -0.39 is 97.5 Å². The summed E-state index contributed by atoms with van der Waals surface area (Å²) < 4.78 is 68.0. The number of ether oxygens (including phenoxy) is 4. The quantitative estimate of drug-likeness (QED) is 0.0222. The lowest BCUT2D eigenvalue weighted by Crippen LogP contribution is -2.30. The maximum absolute atomic E-state index is 13.1. The molecule has 0 fully saturated rings. The van der Waals surface area contributed by atoms with Crippen molar-refractivity contribution in [2.75, 3.05) is 39.6 Å². The number of rotatable bonds is 73. The van der Waals surface area contributed by atoms with Gasteiger partial charge in [-0.25, -0.2) is 9.13 Å². The van der Waals surface area contributed by atoms with Crippen molar-refractivity contribution in [1.82, 2.24) is 0 Å². The molecule has 3 N–H and O–H groups in total. The number of carbonyl (C=O) groups excluding carboxylic acids is 4. The molecule has 0 spiro atoms. The summed E-state index contributed by atoms with van der Waals surface area (Å²) >= 11 is 0. The minimum Gasteiger partial charge on any atom is -0.462 e. The Balaban J connectivity index is 5.09. The van der Waals surface area contributed by atoms with Crippen molar-refractivity contribution in [3.8, 4) is 0 Å². The number of aliphatic hydroxyl groups excluding tert-OH is 1. The molecule has 2 unspecified atom stereocenters. The first-order chi connectivity index (χ1) is 44.2. The zero-order valence-corrected chi connectivity index (χ0v) is 60.6. The number of carbonyl (C=O) groups is 4. The van der Waals surface area contributed by atoms with Crippen molar-refractivity contribution in [1.29, 1.82) is 0 Å². The monoisotopic (exact) mass is 1340 g/mol. The summed E-state index contributed by atoms with van der Waals surface area (Å²) in [5.74, 6) is -2.13. The summed E-state index contributed by atoms with van der Waals surface area (Å²) in [5.41, 5.74) is 0. The predicted molar refractivity (Wildman–Crippen MR) is 368 cm³/mol. The van der Waals surface area contributed by atoms with Crippen LogP contribution in [0, 0.1) is 0 Å². The Kier molecular flexibility index (Phi) is 65.2. The highest BCUT2D eigenvalue weighted by atomic mass is 31.2. The maximum Gasteiger partial charge on any atom is 0.472 e. The molecule has 5 atom stereocenters. The molecule has 540 valence electrons. The van der Waals surface area contributed by atoms with Gasteiger partial charge in [-0.2, -0.15) is 0 Å². The molecule has 17 nitrogen and oxygen atoms in total. The number of aliphatic hydroxyl groups is 1. The summed E-state index contributed by atoms with van der Waals surface area (Å²) in [5, 5.41) is 10.5. The molecule has 19 heteroatoms. The van der Waals surface area contributed by atoms with Crippen molar-refractivity contribution < 1.29 is 80.2 Å². The lowest BCUT2D eigenvalue weighted by Gasteiger charge is -2.21. The molecule has 0 heterocycles. The molecule has 0 amide bonds. The topological polar surface area (TPSA) is 237 Å². The molecule has 0 aliphatic rings. The number of phosphoric acid groups is 2. The molecule has 0 aliphatic carbocycles. The molecule has 91 heavy (non-hydrogen) atoms. The van der Waals surface area contributed by atoms with Gasteiger partial charge >= 0.3 is 39.5 Å². The lowest BCUT2D eigenvalue weighted by atomic mass is 10.0. The van der Waals surface area contributed by atoms with Crippen molar-refractivity contribution in [2.24, 2.45) is 0 Å². The first-order valence-corrected chi connectivity index (χ1v) is 40.8. The van der Waals surface area contributed by atoms with Crippen LogP contribution in [0.1, 0.15) is 381 Å². The van der Waals surface area contributed by atoms with Crippen molar-refractivity contribution in [3.63, 3.8) is 0 Å². The Labute approximate surface area is 556 Å². The van der Waals surface area contributed by atoms with Crippen LogP contribution < -0.4 is 0 Å². The molecule has 0 aromatic carbocycles. The van der Waals surface area contributed by atoms with E-state index in [9.17, 15) is 43.2 Å². The van der Waals surface area contributed by atoms with Crippen LogP contribution in [0.4, 0.5) is 0 Å². The number of hydrogen-bond donors (Lipinski definition) is 3. The first kappa shape index (κ1) is 89.1. The second kappa shape index (κ2) is 66.7. The fourth-order valence-corrected chi connectivity index (χ4v) is 12.6. The standard InChI is InChI=1S/C72H140O17P2/c1-5-9-13-17-20-23-25-27-29-31-33-35-37-39-41-43-46-49-53-57-70(75)83-63-68(89-72(77)59-55-51-47-44-42-40-38-36-34-32-30-28-26-24-21-18-14-10-6-2)65-87-91(80,81)85-61-66(73)60-84-90(78,79)86-64-67(62-82-69(74)56-52-48-16-12-8-4)88-71(76)58-54-50-45-22-19-15-11-7-3/h66-68,73H,5-65H2,1-4H3,(H,78,79)(H,80,81)/t66-,67+,68+/m0/s1. The van der Waals surface area contributed by atoms with E-state index in [1.807, 2.05) is 0 Å². The molecule has 0 rings (SSSR count). The fraction of sp³-hybridized carbons (Fsp3) is 0.944. The lowest BCUT2D eigenvalue weighted by molar-refractivity contribution is -0.161. The first-order valence-electron chi connectivity index (χ1n) is 37.8. The van der Waals surface area contributed by atoms with E-state index in [0.29, 0.717) is 25.7 Å². The summed E-state index contributed by atoms with van der Waals surface area (Å²) in [6.45, 7) is 4.84. The van der Waals surface area contributed by atoms with E-state index in [0.717, 1.165) is 103 Å². The maximum atomic E-state index is 13.1. The van der Waals surface area contributed by atoms with Crippen molar-refractivity contribution in [3.05, 3.63) is 0 Å². The van der Waals surface area contributed by atoms with Gasteiger partial charge in [0.05, 0.1) is 26.4 Å². The van der Waals surface area contributed by atoms with Gasteiger partial charge in [0.2, 0.25) is 0 Å². The normalized spacial score (nSPS) is 14.0. The zero-order valence-electron chi connectivity index (χ0n) is 58.8. The number of phosphoric ester groups is 2. The SMILES string of the molecule is CCCCCCCCCCCCCCCCCCCCCC(=O)OC[C@H](COP(=O)(O)OC[C@@H](O)COP(=O)(O)OC[C@@H](COC(=O)CCCCCCC)OC(=O)CCCCCCCCCC)OC(=O)CCCCCCCCCCCCCCCCCCCCC. The fourth-order valence-electron chi connectivity index (χ4n) is 11.0. The second-order valence-electron chi connectivity index (χ2n) is 26.0. The van der Waals surface area contributed by atoms with Crippen molar-refractivity contribution in [2.45, 2.75) is 399 Å². The van der Waals surface area contributed by atoms with E-state index in [2.05, 4.69) is 27.7 Å². The van der Waals surface area contributed by atoms with Crippen LogP contribution in [0.2, 0.25) is 0 Å². The molecule has 0 bridgehead atoms. The highest BCUT2D eigenvalue weighted by Gasteiger charge is 2.30. The van der Waals surface area contributed by atoms with Gasteiger partial charge in [0.25, 0.3) is 0 Å². The average molecular weight is 1340 g/mol. The molecule has 0 aliphatic heterocycles. The van der Waals surface area contributed by atoms with Gasteiger partial charge in [0, 0.05) is 25.7 Å². The Morgan fingerprint density at radius 1 is 0.264 bits per heavy atom. The van der Waals surface area contributed by atoms with Gasteiger partial charge in [-0.1, -0.05) is 329 Å². The van der Waals surface area contributed by atoms with Crippen LogP contribution in [-0.2, 0) is 65.4 Å². The van der Waals surface area contributed by atoms with E-state index in [1.54, 1.807) is 0 Å². The van der Waals surface area contributed by atoms with Gasteiger partial charge < -0.3 is 33.8 Å². The second-order valence-corrected chi connectivity index (χ2v) is 28.9. The molecule has 0 radical (unpaired) electrons. The Morgan fingerprint density at radius 2 is 0.440 bits per heavy atom. The van der Waals surface area contributed by atoms with Crippen LogP contribution in [0.3, 0.4) is 0 Å². The summed E-state index contributed by atoms with van der Waals surface area (Å²) in [7, 11) is -9.89. The summed E-state index contributed by atoms with van der Waals surface area (Å²) in [6.07, 6.45) is 56.2. The molecule has 0 aromatic rings. The zero-order chi connectivity index (χ0) is 66.8. The third-order valence-corrected chi connectivity index (χ3v) is 18.8. The van der Waals surface area contributed by atoms with E-state index in [-0.39, 0.29) is 25.7 Å². The minimum absolute atomic E-state index is 0.105. The smallest absolute Gasteiger partial charge is 0.462 e. The van der Waals surface area contributed by atoms with E-state index in [1.165, 1.54) is 199 Å². The largest absolute Gasteiger partial charge is 0.472 e. The van der Waals surface area contributed by atoms with Gasteiger partial charge in [0.1, 0.15) is 19.3 Å². The van der Waals surface area contributed by atoms with Crippen LogP contribution in [-0.4, -0.2) is 96.7 Å². The van der Waals surface area contributed by atoms with Gasteiger partial charge in [0.15, 0.2) is 12.2 Å². The van der Waals surface area contributed by atoms with Crippen LogP contribution in [0.5, 0.6) is 0 Å². The highest BCUT2D eigenvalue weighted by Crippen LogP contribution is 2.45.